The Kier molecular flexibility index (Phi) is 5.63. The zero-order chi connectivity index (χ0) is 17.6. The molecule has 0 radical (unpaired) electrons. The summed E-state index contributed by atoms with van der Waals surface area (Å²) in [7, 11) is 0. The number of carbonyl (C=O) groups is 2. The molecule has 0 spiro atoms. The summed E-state index contributed by atoms with van der Waals surface area (Å²) < 4.78 is 5.60. The minimum atomic E-state index is -0.589. The Morgan fingerprint density at radius 3 is 2.64 bits per heavy atom. The quantitative estimate of drug-likeness (QED) is 0.636. The monoisotopic (exact) mass is 371 g/mol. The van der Waals surface area contributed by atoms with Crippen LogP contribution in [0.25, 0.3) is 0 Å². The number of para-hydroxylation sites is 1. The highest BCUT2D eigenvalue weighted by Crippen LogP contribution is 2.21. The molecule has 3 rings (SSSR count). The van der Waals surface area contributed by atoms with Gasteiger partial charge in [-0.1, -0.05) is 18.2 Å². The third-order valence-corrected chi connectivity index (χ3v) is 5.30. The van der Waals surface area contributed by atoms with Crippen LogP contribution in [0.3, 0.4) is 0 Å². The molecule has 6 heteroatoms. The van der Waals surface area contributed by atoms with Crippen molar-refractivity contribution in [2.24, 2.45) is 0 Å². The fourth-order valence-electron chi connectivity index (χ4n) is 2.21. The van der Waals surface area contributed by atoms with Crippen LogP contribution in [0.2, 0.25) is 0 Å². The lowest BCUT2D eigenvalue weighted by Gasteiger charge is -2.14. The number of rotatable bonds is 7. The molecule has 0 bridgehead atoms. The van der Waals surface area contributed by atoms with E-state index >= 15 is 0 Å². The van der Waals surface area contributed by atoms with Gasteiger partial charge in [-0.15, -0.1) is 11.3 Å². The van der Waals surface area contributed by atoms with Crippen molar-refractivity contribution in [1.29, 1.82) is 0 Å². The Balaban J connectivity index is 1.53. The van der Waals surface area contributed by atoms with Gasteiger partial charge in [-0.2, -0.15) is 11.3 Å². The summed E-state index contributed by atoms with van der Waals surface area (Å²) in [6.45, 7) is 2.09. The van der Waals surface area contributed by atoms with E-state index < -0.39 is 6.10 Å². The molecule has 1 unspecified atom stereocenters. The summed E-state index contributed by atoms with van der Waals surface area (Å²) in [5, 5.41) is 6.57. The summed E-state index contributed by atoms with van der Waals surface area (Å²) in [6, 6.07) is 14.7. The van der Waals surface area contributed by atoms with Crippen molar-refractivity contribution >= 4 is 34.4 Å². The van der Waals surface area contributed by atoms with Gasteiger partial charge in [-0.25, -0.2) is 0 Å². The van der Waals surface area contributed by atoms with Crippen molar-refractivity contribution in [3.05, 3.63) is 74.6 Å². The molecule has 1 N–H and O–H groups in total. The maximum atomic E-state index is 12.3. The first kappa shape index (κ1) is 17.4. The zero-order valence-corrected chi connectivity index (χ0v) is 15.2. The number of nitrogens with one attached hydrogen (secondary N) is 1. The maximum Gasteiger partial charge on any atom is 0.261 e. The summed E-state index contributed by atoms with van der Waals surface area (Å²) >= 11 is 2.90. The molecule has 1 aromatic carbocycles. The molecular weight excluding hydrogens is 354 g/mol. The standard InChI is InChI=1S/C19H17NO3S2/c1-13(23-15-5-3-2-4-6-15)19(22)20-11-16-7-8-17(25-16)18(21)14-9-10-24-12-14/h2-10,12-13H,11H2,1H3,(H,20,22). The van der Waals surface area contributed by atoms with Gasteiger partial charge in [0.15, 0.2) is 6.10 Å². The maximum absolute atomic E-state index is 12.3. The first-order valence-corrected chi connectivity index (χ1v) is 9.54. The number of amides is 1. The van der Waals surface area contributed by atoms with Gasteiger partial charge in [0.2, 0.25) is 5.78 Å². The number of carbonyl (C=O) groups excluding carboxylic acids is 2. The van der Waals surface area contributed by atoms with Gasteiger partial charge in [0.1, 0.15) is 5.75 Å². The predicted molar refractivity (Wildman–Crippen MR) is 100 cm³/mol. The molecule has 4 nitrogen and oxygen atoms in total. The van der Waals surface area contributed by atoms with E-state index in [0.29, 0.717) is 22.7 Å². The normalized spacial score (nSPS) is 11.7. The topological polar surface area (TPSA) is 55.4 Å². The molecular formula is C19H17NO3S2. The molecule has 3 aromatic rings. The number of ether oxygens (including phenoxy) is 1. The lowest BCUT2D eigenvalue weighted by atomic mass is 10.2. The number of ketones is 1. The lowest BCUT2D eigenvalue weighted by molar-refractivity contribution is -0.127. The Morgan fingerprint density at radius 1 is 1.12 bits per heavy atom. The highest BCUT2D eigenvalue weighted by atomic mass is 32.1. The zero-order valence-electron chi connectivity index (χ0n) is 13.6. The van der Waals surface area contributed by atoms with E-state index in [9.17, 15) is 9.59 Å². The van der Waals surface area contributed by atoms with Gasteiger partial charge in [-0.05, 0) is 42.6 Å². The Bertz CT molecular complexity index is 841. The van der Waals surface area contributed by atoms with Crippen molar-refractivity contribution in [2.45, 2.75) is 19.6 Å². The van der Waals surface area contributed by atoms with Gasteiger partial charge in [-0.3, -0.25) is 9.59 Å². The molecule has 25 heavy (non-hydrogen) atoms. The molecule has 2 aromatic heterocycles. The minimum absolute atomic E-state index is 0.0182. The molecule has 1 amide bonds. The van der Waals surface area contributed by atoms with Crippen LogP contribution in [0.4, 0.5) is 0 Å². The van der Waals surface area contributed by atoms with Crippen molar-refractivity contribution in [3.63, 3.8) is 0 Å². The van der Waals surface area contributed by atoms with Gasteiger partial charge in [0, 0.05) is 15.8 Å². The molecule has 2 heterocycles. The molecule has 0 saturated carbocycles. The summed E-state index contributed by atoms with van der Waals surface area (Å²) in [5.74, 6) is 0.484. The van der Waals surface area contributed by atoms with E-state index in [1.54, 1.807) is 13.0 Å². The smallest absolute Gasteiger partial charge is 0.261 e. The van der Waals surface area contributed by atoms with Crippen molar-refractivity contribution < 1.29 is 14.3 Å². The Labute approximate surface area is 154 Å². The van der Waals surface area contributed by atoms with Gasteiger partial charge in [0.25, 0.3) is 5.91 Å². The van der Waals surface area contributed by atoms with Crippen LogP contribution >= 0.6 is 22.7 Å². The number of benzene rings is 1. The van der Waals surface area contributed by atoms with Crippen LogP contribution in [0.5, 0.6) is 5.75 Å². The van der Waals surface area contributed by atoms with E-state index in [2.05, 4.69) is 5.32 Å². The number of hydrogen-bond donors (Lipinski definition) is 1. The first-order chi connectivity index (χ1) is 12.1. The van der Waals surface area contributed by atoms with Crippen LogP contribution in [-0.4, -0.2) is 17.8 Å². The second-order valence-corrected chi connectivity index (χ2v) is 7.35. The molecule has 1 atom stereocenters. The van der Waals surface area contributed by atoms with Gasteiger partial charge < -0.3 is 10.1 Å². The fraction of sp³-hybridized carbons (Fsp3) is 0.158. The predicted octanol–water partition coefficient (Wildman–Crippen LogP) is 4.12. The molecule has 0 aliphatic rings. The van der Waals surface area contributed by atoms with E-state index in [4.69, 9.17) is 4.74 Å². The third-order valence-electron chi connectivity index (χ3n) is 3.53. The van der Waals surface area contributed by atoms with E-state index in [1.165, 1.54) is 22.7 Å². The molecule has 0 aliphatic carbocycles. The summed E-state index contributed by atoms with van der Waals surface area (Å²) in [4.78, 5) is 26.0. The second-order valence-electron chi connectivity index (χ2n) is 5.40. The molecule has 128 valence electrons. The largest absolute Gasteiger partial charge is 0.481 e. The average Bonchev–Trinajstić information content (AvgIpc) is 3.32. The fourth-order valence-corrected chi connectivity index (χ4v) is 3.75. The third kappa shape index (κ3) is 4.55. The van der Waals surface area contributed by atoms with E-state index in [1.807, 2.05) is 53.2 Å². The van der Waals surface area contributed by atoms with Crippen molar-refractivity contribution in [2.75, 3.05) is 0 Å². The molecule has 0 aliphatic heterocycles. The second kappa shape index (κ2) is 8.09. The molecule has 0 saturated heterocycles. The SMILES string of the molecule is CC(Oc1ccccc1)C(=O)NCc1ccc(C(=O)c2ccsc2)s1. The summed E-state index contributed by atoms with van der Waals surface area (Å²) in [6.07, 6.45) is -0.589. The van der Waals surface area contributed by atoms with E-state index in [0.717, 1.165) is 4.88 Å². The van der Waals surface area contributed by atoms with Crippen molar-refractivity contribution in [3.8, 4) is 5.75 Å². The Morgan fingerprint density at radius 2 is 1.92 bits per heavy atom. The number of hydrogen-bond acceptors (Lipinski definition) is 5. The van der Waals surface area contributed by atoms with Crippen LogP contribution < -0.4 is 10.1 Å². The first-order valence-electron chi connectivity index (χ1n) is 7.78. The van der Waals surface area contributed by atoms with Gasteiger partial charge in [0.05, 0.1) is 11.4 Å². The highest BCUT2D eigenvalue weighted by Gasteiger charge is 2.16. The average molecular weight is 371 g/mol. The molecule has 0 fully saturated rings. The minimum Gasteiger partial charge on any atom is -0.481 e. The van der Waals surface area contributed by atoms with Gasteiger partial charge >= 0.3 is 0 Å². The lowest BCUT2D eigenvalue weighted by Crippen LogP contribution is -2.35. The highest BCUT2D eigenvalue weighted by molar-refractivity contribution is 7.14. The van der Waals surface area contributed by atoms with E-state index in [-0.39, 0.29) is 11.7 Å². The summed E-state index contributed by atoms with van der Waals surface area (Å²) in [5.41, 5.74) is 0.701. The van der Waals surface area contributed by atoms with Crippen LogP contribution in [0.15, 0.2) is 59.3 Å². The van der Waals surface area contributed by atoms with Crippen molar-refractivity contribution in [1.82, 2.24) is 5.32 Å². The van der Waals surface area contributed by atoms with Crippen LogP contribution in [0, 0.1) is 0 Å². The number of thiophene rings is 2. The van der Waals surface area contributed by atoms with Crippen LogP contribution in [-0.2, 0) is 11.3 Å². The van der Waals surface area contributed by atoms with Crippen LogP contribution in [0.1, 0.15) is 27.0 Å². The Hall–Kier alpha value is -2.44.